The molecule has 0 spiro atoms. The average molecular weight is 197 g/mol. The molecule has 80 valence electrons. The Bertz CT molecular complexity index is 270. The molecule has 0 aliphatic carbocycles. The van der Waals surface area contributed by atoms with Crippen molar-refractivity contribution in [3.05, 3.63) is 18.0 Å². The number of likely N-dealkylation sites (N-methyl/N-ethyl adjacent to an activating group) is 1. The molecule has 0 aliphatic rings. The molecule has 1 heterocycles. The van der Waals surface area contributed by atoms with Gasteiger partial charge in [-0.15, -0.1) is 0 Å². The SMILES string of the molecule is CCNCC(O)c1cnn(C(C)C)c1. The monoisotopic (exact) mass is 197 g/mol. The van der Waals surface area contributed by atoms with Crippen molar-refractivity contribution in [2.75, 3.05) is 13.1 Å². The number of aliphatic hydroxyl groups is 1. The molecule has 1 rings (SSSR count). The summed E-state index contributed by atoms with van der Waals surface area (Å²) in [6.45, 7) is 7.60. The standard InChI is InChI=1S/C10H19N3O/c1-4-11-6-10(14)9-5-12-13(7-9)8(2)3/h5,7-8,10-11,14H,4,6H2,1-3H3. The molecule has 0 saturated heterocycles. The predicted molar refractivity (Wildman–Crippen MR) is 56.1 cm³/mol. The highest BCUT2D eigenvalue weighted by molar-refractivity contribution is 5.08. The highest BCUT2D eigenvalue weighted by atomic mass is 16.3. The van der Waals surface area contributed by atoms with Gasteiger partial charge in [0, 0.05) is 24.3 Å². The number of nitrogens with one attached hydrogen (secondary N) is 1. The van der Waals surface area contributed by atoms with Gasteiger partial charge in [-0.3, -0.25) is 4.68 Å². The van der Waals surface area contributed by atoms with Crippen molar-refractivity contribution in [1.82, 2.24) is 15.1 Å². The first-order valence-electron chi connectivity index (χ1n) is 5.08. The van der Waals surface area contributed by atoms with Crippen LogP contribution in [0.3, 0.4) is 0 Å². The normalized spacial score (nSPS) is 13.5. The fraction of sp³-hybridized carbons (Fsp3) is 0.700. The second-order valence-corrected chi connectivity index (χ2v) is 3.67. The molecule has 0 amide bonds. The summed E-state index contributed by atoms with van der Waals surface area (Å²) in [5.74, 6) is 0. The summed E-state index contributed by atoms with van der Waals surface area (Å²) < 4.78 is 1.85. The van der Waals surface area contributed by atoms with Crippen LogP contribution in [0.15, 0.2) is 12.4 Å². The Morgan fingerprint density at radius 1 is 1.57 bits per heavy atom. The van der Waals surface area contributed by atoms with E-state index in [2.05, 4.69) is 24.3 Å². The summed E-state index contributed by atoms with van der Waals surface area (Å²) in [6.07, 6.45) is 3.16. The lowest BCUT2D eigenvalue weighted by atomic mass is 10.2. The van der Waals surface area contributed by atoms with Crippen molar-refractivity contribution in [1.29, 1.82) is 0 Å². The molecule has 4 heteroatoms. The van der Waals surface area contributed by atoms with Gasteiger partial charge in [-0.05, 0) is 20.4 Å². The van der Waals surface area contributed by atoms with Crippen LogP contribution in [0.4, 0.5) is 0 Å². The topological polar surface area (TPSA) is 50.1 Å². The van der Waals surface area contributed by atoms with E-state index in [0.717, 1.165) is 12.1 Å². The Balaban J connectivity index is 2.57. The van der Waals surface area contributed by atoms with Crippen molar-refractivity contribution >= 4 is 0 Å². The lowest BCUT2D eigenvalue weighted by molar-refractivity contribution is 0.175. The zero-order chi connectivity index (χ0) is 10.6. The molecule has 1 aromatic rings. The highest BCUT2D eigenvalue weighted by Crippen LogP contribution is 2.12. The second kappa shape index (κ2) is 5.12. The van der Waals surface area contributed by atoms with E-state index < -0.39 is 6.10 Å². The van der Waals surface area contributed by atoms with E-state index in [-0.39, 0.29) is 0 Å². The van der Waals surface area contributed by atoms with E-state index in [4.69, 9.17) is 0 Å². The van der Waals surface area contributed by atoms with Crippen LogP contribution < -0.4 is 5.32 Å². The van der Waals surface area contributed by atoms with E-state index in [9.17, 15) is 5.11 Å². The predicted octanol–water partition coefficient (Wildman–Crippen LogP) is 1.11. The van der Waals surface area contributed by atoms with Gasteiger partial charge < -0.3 is 10.4 Å². The van der Waals surface area contributed by atoms with E-state index in [1.165, 1.54) is 0 Å². The minimum absolute atomic E-state index is 0.343. The van der Waals surface area contributed by atoms with Crippen LogP contribution in [0.2, 0.25) is 0 Å². The number of nitrogens with zero attached hydrogens (tertiary/aromatic N) is 2. The van der Waals surface area contributed by atoms with Gasteiger partial charge >= 0.3 is 0 Å². The Morgan fingerprint density at radius 2 is 2.29 bits per heavy atom. The van der Waals surface area contributed by atoms with Gasteiger partial charge in [0.2, 0.25) is 0 Å². The van der Waals surface area contributed by atoms with Gasteiger partial charge in [0.25, 0.3) is 0 Å². The van der Waals surface area contributed by atoms with Gasteiger partial charge in [0.1, 0.15) is 0 Å². The highest BCUT2D eigenvalue weighted by Gasteiger charge is 2.09. The number of aliphatic hydroxyl groups excluding tert-OH is 1. The smallest absolute Gasteiger partial charge is 0.0944 e. The Hall–Kier alpha value is -0.870. The average Bonchev–Trinajstić information content (AvgIpc) is 2.62. The Kier molecular flexibility index (Phi) is 4.10. The first-order chi connectivity index (χ1) is 6.65. The van der Waals surface area contributed by atoms with Gasteiger partial charge in [-0.25, -0.2) is 0 Å². The third-order valence-corrected chi connectivity index (χ3v) is 2.12. The first-order valence-corrected chi connectivity index (χ1v) is 5.08. The molecular formula is C10H19N3O. The summed E-state index contributed by atoms with van der Waals surface area (Å²) in [7, 11) is 0. The largest absolute Gasteiger partial charge is 0.387 e. The minimum Gasteiger partial charge on any atom is -0.387 e. The third kappa shape index (κ3) is 2.82. The van der Waals surface area contributed by atoms with Crippen LogP contribution >= 0.6 is 0 Å². The van der Waals surface area contributed by atoms with E-state index >= 15 is 0 Å². The fourth-order valence-corrected chi connectivity index (χ4v) is 1.21. The molecule has 0 aromatic carbocycles. The van der Waals surface area contributed by atoms with Crippen molar-refractivity contribution in [3.63, 3.8) is 0 Å². The van der Waals surface area contributed by atoms with Crippen LogP contribution in [0.5, 0.6) is 0 Å². The van der Waals surface area contributed by atoms with E-state index in [1.807, 2.05) is 17.8 Å². The van der Waals surface area contributed by atoms with Crippen LogP contribution in [0, 0.1) is 0 Å². The Morgan fingerprint density at radius 3 is 2.79 bits per heavy atom. The maximum absolute atomic E-state index is 9.73. The molecule has 0 fully saturated rings. The zero-order valence-electron chi connectivity index (χ0n) is 9.07. The van der Waals surface area contributed by atoms with Crippen LogP contribution in [0.25, 0.3) is 0 Å². The van der Waals surface area contributed by atoms with E-state index in [0.29, 0.717) is 12.6 Å². The van der Waals surface area contributed by atoms with E-state index in [1.54, 1.807) is 6.20 Å². The molecular weight excluding hydrogens is 178 g/mol. The van der Waals surface area contributed by atoms with Gasteiger partial charge in [-0.2, -0.15) is 5.10 Å². The lowest BCUT2D eigenvalue weighted by Gasteiger charge is -2.08. The van der Waals surface area contributed by atoms with Gasteiger partial charge in [-0.1, -0.05) is 6.92 Å². The zero-order valence-corrected chi connectivity index (χ0v) is 9.07. The number of hydrogen-bond acceptors (Lipinski definition) is 3. The van der Waals surface area contributed by atoms with Crippen molar-refractivity contribution in [2.24, 2.45) is 0 Å². The van der Waals surface area contributed by atoms with Crippen molar-refractivity contribution in [2.45, 2.75) is 32.9 Å². The van der Waals surface area contributed by atoms with Gasteiger partial charge in [0.15, 0.2) is 0 Å². The summed E-state index contributed by atoms with van der Waals surface area (Å²) in [4.78, 5) is 0. The first kappa shape index (κ1) is 11.2. The maximum Gasteiger partial charge on any atom is 0.0944 e. The van der Waals surface area contributed by atoms with Crippen molar-refractivity contribution < 1.29 is 5.11 Å². The molecule has 14 heavy (non-hydrogen) atoms. The molecule has 1 unspecified atom stereocenters. The molecule has 1 aromatic heterocycles. The summed E-state index contributed by atoms with van der Waals surface area (Å²) >= 11 is 0. The molecule has 4 nitrogen and oxygen atoms in total. The summed E-state index contributed by atoms with van der Waals surface area (Å²) in [5.41, 5.74) is 0.875. The van der Waals surface area contributed by atoms with Crippen LogP contribution in [-0.2, 0) is 0 Å². The lowest BCUT2D eigenvalue weighted by Crippen LogP contribution is -2.20. The van der Waals surface area contributed by atoms with Gasteiger partial charge in [0.05, 0.1) is 12.3 Å². The third-order valence-electron chi connectivity index (χ3n) is 2.12. The molecule has 0 bridgehead atoms. The molecule has 1 atom stereocenters. The van der Waals surface area contributed by atoms with Crippen LogP contribution in [-0.4, -0.2) is 28.0 Å². The van der Waals surface area contributed by atoms with Crippen LogP contribution in [0.1, 0.15) is 38.5 Å². The fourth-order valence-electron chi connectivity index (χ4n) is 1.21. The Labute approximate surface area is 84.9 Å². The quantitative estimate of drug-likeness (QED) is 0.743. The number of rotatable bonds is 5. The number of hydrogen-bond donors (Lipinski definition) is 2. The van der Waals surface area contributed by atoms with Crippen molar-refractivity contribution in [3.8, 4) is 0 Å². The second-order valence-electron chi connectivity index (χ2n) is 3.67. The number of aromatic nitrogens is 2. The molecule has 2 N–H and O–H groups in total. The summed E-state index contributed by atoms with van der Waals surface area (Å²) in [6, 6.07) is 0.343. The molecule has 0 aliphatic heterocycles. The molecule has 0 radical (unpaired) electrons. The summed E-state index contributed by atoms with van der Waals surface area (Å²) in [5, 5.41) is 17.0. The molecule has 0 saturated carbocycles. The minimum atomic E-state index is -0.456. The maximum atomic E-state index is 9.73.